The number of aromatic nitrogens is 3. The zero-order valence-electron chi connectivity index (χ0n) is 9.70. The van der Waals surface area contributed by atoms with Crippen LogP contribution in [0.1, 0.15) is 0 Å². The van der Waals surface area contributed by atoms with E-state index in [1.54, 1.807) is 19.2 Å². The molecule has 0 aliphatic heterocycles. The molecule has 0 bridgehead atoms. The lowest BCUT2D eigenvalue weighted by Crippen LogP contribution is -1.99. The van der Waals surface area contributed by atoms with Gasteiger partial charge in [0.15, 0.2) is 5.16 Å². The third-order valence-corrected chi connectivity index (χ3v) is 3.11. The number of anilines is 1. The van der Waals surface area contributed by atoms with E-state index in [4.69, 9.17) is 11.6 Å². The molecule has 0 atom stereocenters. The Bertz CT molecular complexity index is 607. The highest BCUT2D eigenvalue weighted by Gasteiger charge is 2.08. The highest BCUT2D eigenvalue weighted by molar-refractivity contribution is 7.99. The fraction of sp³-hybridized carbons (Fsp3) is 0.100. The molecular weight excluding hydrogens is 290 g/mol. The van der Waals surface area contributed by atoms with Gasteiger partial charge in [0.1, 0.15) is 0 Å². The summed E-state index contributed by atoms with van der Waals surface area (Å²) in [5.41, 5.74) is 0.0361. The van der Waals surface area contributed by atoms with Crippen molar-refractivity contribution < 1.29 is 4.92 Å². The molecule has 7 nitrogen and oxygen atoms in total. The van der Waals surface area contributed by atoms with Crippen LogP contribution in [0.25, 0.3) is 0 Å². The Kier molecular flexibility index (Phi) is 4.13. The molecule has 0 unspecified atom stereocenters. The van der Waals surface area contributed by atoms with E-state index in [1.807, 2.05) is 0 Å². The Balaban J connectivity index is 2.21. The summed E-state index contributed by atoms with van der Waals surface area (Å²) in [7, 11) is 1.67. The van der Waals surface area contributed by atoms with E-state index >= 15 is 0 Å². The van der Waals surface area contributed by atoms with Crippen molar-refractivity contribution in [1.29, 1.82) is 0 Å². The van der Waals surface area contributed by atoms with Crippen molar-refractivity contribution in [3.05, 3.63) is 39.7 Å². The van der Waals surface area contributed by atoms with Crippen LogP contribution in [0.15, 0.2) is 34.3 Å². The van der Waals surface area contributed by atoms with Crippen molar-refractivity contribution >= 4 is 35.0 Å². The molecule has 0 saturated heterocycles. The Morgan fingerprint density at radius 1 is 1.26 bits per heavy atom. The Morgan fingerprint density at radius 3 is 2.53 bits per heavy atom. The van der Waals surface area contributed by atoms with Gasteiger partial charge in [-0.05, 0) is 35.5 Å². The molecule has 0 radical (unpaired) electrons. The van der Waals surface area contributed by atoms with Crippen LogP contribution in [0.4, 0.5) is 11.6 Å². The molecule has 98 valence electrons. The zero-order valence-corrected chi connectivity index (χ0v) is 11.3. The molecule has 2 aromatic rings. The first kappa shape index (κ1) is 13.5. The second-order valence-corrected chi connectivity index (χ2v) is 4.69. The lowest BCUT2D eigenvalue weighted by Gasteiger charge is -2.03. The van der Waals surface area contributed by atoms with Crippen LogP contribution < -0.4 is 5.32 Å². The average Bonchev–Trinajstić information content (AvgIpc) is 2.38. The SMILES string of the molecule is CNc1nc(Cl)nc(Sc2ccc([N+](=O)[O-])cc2)n1. The van der Waals surface area contributed by atoms with Gasteiger partial charge in [-0.3, -0.25) is 10.1 Å². The fourth-order valence-electron chi connectivity index (χ4n) is 1.23. The first-order valence-electron chi connectivity index (χ1n) is 5.10. The summed E-state index contributed by atoms with van der Waals surface area (Å²) in [6, 6.07) is 6.09. The lowest BCUT2D eigenvalue weighted by molar-refractivity contribution is -0.384. The highest BCUT2D eigenvalue weighted by atomic mass is 35.5. The maximum atomic E-state index is 10.5. The molecule has 0 amide bonds. The summed E-state index contributed by atoms with van der Waals surface area (Å²) >= 11 is 7.00. The summed E-state index contributed by atoms with van der Waals surface area (Å²) in [6.45, 7) is 0. The van der Waals surface area contributed by atoms with Gasteiger partial charge in [0.2, 0.25) is 11.2 Å². The molecule has 1 aromatic heterocycles. The molecule has 2 rings (SSSR count). The topological polar surface area (TPSA) is 93.8 Å². The molecule has 0 spiro atoms. The van der Waals surface area contributed by atoms with Gasteiger partial charge in [-0.1, -0.05) is 0 Å². The summed E-state index contributed by atoms with van der Waals surface area (Å²) in [6.07, 6.45) is 0. The van der Waals surface area contributed by atoms with E-state index in [0.717, 1.165) is 4.90 Å². The molecule has 1 N–H and O–H groups in total. The van der Waals surface area contributed by atoms with Crippen LogP contribution in [0.2, 0.25) is 5.28 Å². The summed E-state index contributed by atoms with van der Waals surface area (Å²) < 4.78 is 0. The van der Waals surface area contributed by atoms with Crippen LogP contribution in [-0.4, -0.2) is 26.9 Å². The minimum atomic E-state index is -0.451. The van der Waals surface area contributed by atoms with Gasteiger partial charge in [-0.2, -0.15) is 15.0 Å². The lowest BCUT2D eigenvalue weighted by atomic mass is 10.3. The van der Waals surface area contributed by atoms with E-state index in [-0.39, 0.29) is 11.0 Å². The third-order valence-electron chi connectivity index (χ3n) is 2.07. The van der Waals surface area contributed by atoms with Gasteiger partial charge in [-0.25, -0.2) is 0 Å². The molecule has 0 aliphatic rings. The number of nitro benzene ring substituents is 1. The number of benzene rings is 1. The first-order valence-corrected chi connectivity index (χ1v) is 6.29. The first-order chi connectivity index (χ1) is 9.08. The average molecular weight is 298 g/mol. The van der Waals surface area contributed by atoms with Crippen molar-refractivity contribution in [1.82, 2.24) is 15.0 Å². The standard InChI is InChI=1S/C10H8ClN5O2S/c1-12-9-13-8(11)14-10(15-9)19-7-4-2-6(3-5-7)16(17)18/h2-5H,1H3,(H,12,13,14,15). The van der Waals surface area contributed by atoms with E-state index in [1.165, 1.54) is 23.9 Å². The second kappa shape index (κ2) is 5.81. The summed E-state index contributed by atoms with van der Waals surface area (Å²) in [4.78, 5) is 22.8. The number of nitrogens with one attached hydrogen (secondary N) is 1. The van der Waals surface area contributed by atoms with Gasteiger partial charge < -0.3 is 5.32 Å². The van der Waals surface area contributed by atoms with E-state index < -0.39 is 4.92 Å². The van der Waals surface area contributed by atoms with Crippen LogP contribution >= 0.6 is 23.4 Å². The number of non-ortho nitro benzene ring substituents is 1. The van der Waals surface area contributed by atoms with Crippen molar-refractivity contribution in [3.8, 4) is 0 Å². The number of nitrogens with zero attached hydrogens (tertiary/aromatic N) is 4. The van der Waals surface area contributed by atoms with Crippen molar-refractivity contribution in [3.63, 3.8) is 0 Å². The van der Waals surface area contributed by atoms with Gasteiger partial charge in [0.25, 0.3) is 5.69 Å². The van der Waals surface area contributed by atoms with Gasteiger partial charge in [0, 0.05) is 24.1 Å². The largest absolute Gasteiger partial charge is 0.357 e. The molecule has 1 heterocycles. The number of hydrogen-bond donors (Lipinski definition) is 1. The number of nitro groups is 1. The monoisotopic (exact) mass is 297 g/mol. The zero-order chi connectivity index (χ0) is 13.8. The van der Waals surface area contributed by atoms with Crippen LogP contribution in [0.5, 0.6) is 0 Å². The molecule has 9 heteroatoms. The second-order valence-electron chi connectivity index (χ2n) is 3.31. The molecule has 0 fully saturated rings. The van der Waals surface area contributed by atoms with Gasteiger partial charge in [-0.15, -0.1) is 0 Å². The third kappa shape index (κ3) is 3.52. The maximum Gasteiger partial charge on any atom is 0.269 e. The van der Waals surface area contributed by atoms with Crippen LogP contribution in [0, 0.1) is 10.1 Å². The van der Waals surface area contributed by atoms with Gasteiger partial charge in [0.05, 0.1) is 4.92 Å². The molecule has 19 heavy (non-hydrogen) atoms. The maximum absolute atomic E-state index is 10.5. The van der Waals surface area contributed by atoms with Crippen molar-refractivity contribution in [2.45, 2.75) is 10.1 Å². The minimum absolute atomic E-state index is 0.0361. The molecular formula is C10H8ClN5O2S. The quantitative estimate of drug-likeness (QED) is 0.684. The van der Waals surface area contributed by atoms with E-state index in [0.29, 0.717) is 11.1 Å². The predicted molar refractivity (Wildman–Crippen MR) is 71.6 cm³/mol. The molecule has 0 saturated carbocycles. The Hall–Kier alpha value is -1.93. The smallest absolute Gasteiger partial charge is 0.269 e. The number of hydrogen-bond acceptors (Lipinski definition) is 7. The fourth-order valence-corrected chi connectivity index (χ4v) is 2.19. The molecule has 1 aromatic carbocycles. The highest BCUT2D eigenvalue weighted by Crippen LogP contribution is 2.27. The van der Waals surface area contributed by atoms with E-state index in [2.05, 4.69) is 20.3 Å². The Morgan fingerprint density at radius 2 is 1.95 bits per heavy atom. The Labute approximate surface area is 117 Å². The van der Waals surface area contributed by atoms with E-state index in [9.17, 15) is 10.1 Å². The van der Waals surface area contributed by atoms with Gasteiger partial charge >= 0.3 is 0 Å². The van der Waals surface area contributed by atoms with Crippen molar-refractivity contribution in [2.24, 2.45) is 0 Å². The minimum Gasteiger partial charge on any atom is -0.357 e. The summed E-state index contributed by atoms with van der Waals surface area (Å²) in [5.74, 6) is 0.365. The predicted octanol–water partition coefficient (Wildman–Crippen LogP) is 2.63. The number of halogens is 1. The van der Waals surface area contributed by atoms with Crippen molar-refractivity contribution in [2.75, 3.05) is 12.4 Å². The van der Waals surface area contributed by atoms with Crippen LogP contribution in [-0.2, 0) is 0 Å². The number of rotatable bonds is 4. The molecule has 0 aliphatic carbocycles. The van der Waals surface area contributed by atoms with Crippen LogP contribution in [0.3, 0.4) is 0 Å². The normalized spacial score (nSPS) is 10.2. The summed E-state index contributed by atoms with van der Waals surface area (Å²) in [5, 5.41) is 13.8.